The van der Waals surface area contributed by atoms with Crippen molar-refractivity contribution < 1.29 is 14.3 Å². The number of ether oxygens (including phenoxy) is 2. The zero-order valence-corrected chi connectivity index (χ0v) is 15.7. The third-order valence-electron chi connectivity index (χ3n) is 5.36. The van der Waals surface area contributed by atoms with E-state index in [4.69, 9.17) is 9.47 Å². The number of benzene rings is 1. The van der Waals surface area contributed by atoms with E-state index in [1.54, 1.807) is 0 Å². The number of piperidine rings is 1. The monoisotopic (exact) mass is 382 g/mol. The molecule has 2 saturated heterocycles. The first kappa shape index (κ1) is 19.2. The number of hydrogen-bond donors (Lipinski definition) is 4. The van der Waals surface area contributed by atoms with Gasteiger partial charge < -0.3 is 20.1 Å². The minimum Gasteiger partial charge on any atom is -0.486 e. The minimum absolute atomic E-state index is 0. The van der Waals surface area contributed by atoms with Crippen LogP contribution in [0.25, 0.3) is 0 Å². The fourth-order valence-corrected chi connectivity index (χ4v) is 3.94. The molecule has 26 heavy (non-hydrogen) atoms. The molecule has 3 aliphatic heterocycles. The molecule has 1 aromatic rings. The summed E-state index contributed by atoms with van der Waals surface area (Å²) in [5.41, 5.74) is 7.50. The molecular weight excluding hydrogens is 356 g/mol. The molecule has 8 heteroatoms. The fourth-order valence-electron chi connectivity index (χ4n) is 3.94. The highest BCUT2D eigenvalue weighted by atomic mass is 35.5. The van der Waals surface area contributed by atoms with E-state index in [-0.39, 0.29) is 36.3 Å². The van der Waals surface area contributed by atoms with Crippen LogP contribution in [0.1, 0.15) is 31.4 Å². The standard InChI is InChI=1S/C18H26N4O3.ClH/c1-2-13(11-3-4-15-16(9-11)25-8-7-24-15)20-18(23)17-12-10-19-6-5-14(12)21-22-17;/h3-4,9,12-14,17,19,21-22H,2,5-8,10H2,1H3,(H,20,23);1H. The summed E-state index contributed by atoms with van der Waals surface area (Å²) in [5, 5.41) is 6.58. The van der Waals surface area contributed by atoms with E-state index in [9.17, 15) is 4.79 Å². The normalized spacial score (nSPS) is 27.8. The van der Waals surface area contributed by atoms with Crippen LogP contribution in [0, 0.1) is 5.92 Å². The second kappa shape index (κ2) is 8.43. The van der Waals surface area contributed by atoms with Crippen molar-refractivity contribution >= 4 is 18.3 Å². The van der Waals surface area contributed by atoms with Crippen LogP contribution in [0.15, 0.2) is 18.2 Å². The Balaban J connectivity index is 0.00000196. The first-order valence-corrected chi connectivity index (χ1v) is 9.18. The fraction of sp³-hybridized carbons (Fsp3) is 0.611. The Labute approximate surface area is 160 Å². The predicted molar refractivity (Wildman–Crippen MR) is 101 cm³/mol. The third-order valence-corrected chi connectivity index (χ3v) is 5.36. The molecule has 0 radical (unpaired) electrons. The van der Waals surface area contributed by atoms with Gasteiger partial charge in [0.15, 0.2) is 11.5 Å². The summed E-state index contributed by atoms with van der Waals surface area (Å²) in [6.45, 7) is 5.08. The molecule has 0 aliphatic carbocycles. The average Bonchev–Trinajstić information content (AvgIpc) is 3.10. The summed E-state index contributed by atoms with van der Waals surface area (Å²) in [6, 6.07) is 6.03. The van der Waals surface area contributed by atoms with Gasteiger partial charge in [-0.05, 0) is 37.1 Å². The molecule has 4 rings (SSSR count). The van der Waals surface area contributed by atoms with Crippen LogP contribution >= 0.6 is 12.4 Å². The van der Waals surface area contributed by atoms with Gasteiger partial charge in [0.25, 0.3) is 0 Å². The number of hydrogen-bond acceptors (Lipinski definition) is 6. The van der Waals surface area contributed by atoms with Crippen molar-refractivity contribution in [3.05, 3.63) is 23.8 Å². The van der Waals surface area contributed by atoms with E-state index in [2.05, 4.69) is 28.4 Å². The lowest BCUT2D eigenvalue weighted by Gasteiger charge is -2.28. The Kier molecular flexibility index (Phi) is 6.24. The maximum absolute atomic E-state index is 12.8. The summed E-state index contributed by atoms with van der Waals surface area (Å²) >= 11 is 0. The lowest BCUT2D eigenvalue weighted by Crippen LogP contribution is -2.49. The Hall–Kier alpha value is -1.54. The topological polar surface area (TPSA) is 83.7 Å². The van der Waals surface area contributed by atoms with Crippen molar-refractivity contribution in [3.8, 4) is 11.5 Å². The van der Waals surface area contributed by atoms with E-state index >= 15 is 0 Å². The highest BCUT2D eigenvalue weighted by Gasteiger charge is 2.41. The van der Waals surface area contributed by atoms with Crippen LogP contribution in [-0.4, -0.2) is 44.3 Å². The van der Waals surface area contributed by atoms with Crippen LogP contribution in [0.2, 0.25) is 0 Å². The zero-order valence-electron chi connectivity index (χ0n) is 14.9. The van der Waals surface area contributed by atoms with E-state index < -0.39 is 0 Å². The van der Waals surface area contributed by atoms with Crippen molar-refractivity contribution in [2.75, 3.05) is 26.3 Å². The summed E-state index contributed by atoms with van der Waals surface area (Å²) in [4.78, 5) is 12.8. The van der Waals surface area contributed by atoms with E-state index in [1.165, 1.54) is 0 Å². The van der Waals surface area contributed by atoms with Crippen LogP contribution in [0.4, 0.5) is 0 Å². The molecule has 3 aliphatic rings. The molecule has 1 amide bonds. The van der Waals surface area contributed by atoms with Crippen LogP contribution in [0.5, 0.6) is 11.5 Å². The molecule has 4 unspecified atom stereocenters. The summed E-state index contributed by atoms with van der Waals surface area (Å²) in [5.74, 6) is 1.86. The predicted octanol–water partition coefficient (Wildman–Crippen LogP) is 0.901. The highest BCUT2D eigenvalue weighted by molar-refractivity contribution is 5.85. The van der Waals surface area contributed by atoms with Gasteiger partial charge >= 0.3 is 0 Å². The number of carbonyl (C=O) groups is 1. The maximum Gasteiger partial charge on any atom is 0.239 e. The van der Waals surface area contributed by atoms with Gasteiger partial charge in [0.1, 0.15) is 19.3 Å². The van der Waals surface area contributed by atoms with E-state index in [0.29, 0.717) is 19.3 Å². The van der Waals surface area contributed by atoms with Crippen molar-refractivity contribution in [2.45, 2.75) is 37.9 Å². The number of rotatable bonds is 4. The summed E-state index contributed by atoms with van der Waals surface area (Å²) < 4.78 is 11.2. The Morgan fingerprint density at radius 3 is 2.88 bits per heavy atom. The number of fused-ring (bicyclic) bond motifs is 2. The minimum atomic E-state index is -0.205. The molecule has 1 aromatic carbocycles. The van der Waals surface area contributed by atoms with Crippen LogP contribution < -0.4 is 31.0 Å². The molecule has 0 bridgehead atoms. The summed E-state index contributed by atoms with van der Waals surface area (Å²) in [7, 11) is 0. The van der Waals surface area contributed by atoms with Gasteiger partial charge in [-0.15, -0.1) is 12.4 Å². The maximum atomic E-state index is 12.8. The van der Waals surface area contributed by atoms with Gasteiger partial charge in [-0.1, -0.05) is 13.0 Å². The van der Waals surface area contributed by atoms with Crippen molar-refractivity contribution in [1.82, 2.24) is 21.5 Å². The molecule has 4 N–H and O–H groups in total. The molecule has 144 valence electrons. The lowest BCUT2D eigenvalue weighted by atomic mass is 9.89. The van der Waals surface area contributed by atoms with Gasteiger partial charge in [0, 0.05) is 18.5 Å². The zero-order chi connectivity index (χ0) is 17.2. The second-order valence-electron chi connectivity index (χ2n) is 6.90. The Morgan fingerprint density at radius 1 is 1.27 bits per heavy atom. The molecule has 7 nitrogen and oxygen atoms in total. The van der Waals surface area contributed by atoms with Crippen LogP contribution in [0.3, 0.4) is 0 Å². The average molecular weight is 383 g/mol. The molecule has 0 spiro atoms. The molecule has 2 fully saturated rings. The SMILES string of the molecule is CCC(NC(=O)C1NNC2CCNCC21)c1ccc2c(c1)OCCO2.Cl. The van der Waals surface area contributed by atoms with Gasteiger partial charge in [-0.2, -0.15) is 0 Å². The van der Waals surface area contributed by atoms with Gasteiger partial charge in [0.05, 0.1) is 6.04 Å². The molecule has 0 saturated carbocycles. The lowest BCUT2D eigenvalue weighted by molar-refractivity contribution is -0.124. The third kappa shape index (κ3) is 3.76. The largest absolute Gasteiger partial charge is 0.486 e. The number of carbonyl (C=O) groups excluding carboxylic acids is 1. The Bertz CT molecular complexity index is 645. The number of halogens is 1. The number of hydrazine groups is 1. The number of nitrogens with one attached hydrogen (secondary N) is 4. The summed E-state index contributed by atoms with van der Waals surface area (Å²) in [6.07, 6.45) is 1.86. The molecule has 3 heterocycles. The van der Waals surface area contributed by atoms with Crippen molar-refractivity contribution in [1.29, 1.82) is 0 Å². The van der Waals surface area contributed by atoms with Crippen LogP contribution in [-0.2, 0) is 4.79 Å². The van der Waals surface area contributed by atoms with E-state index in [1.807, 2.05) is 18.2 Å². The Morgan fingerprint density at radius 2 is 2.08 bits per heavy atom. The van der Waals surface area contributed by atoms with Crippen molar-refractivity contribution in [3.63, 3.8) is 0 Å². The van der Waals surface area contributed by atoms with Gasteiger partial charge in [-0.3, -0.25) is 10.2 Å². The molecule has 4 atom stereocenters. The van der Waals surface area contributed by atoms with Gasteiger partial charge in [-0.25, -0.2) is 5.43 Å². The second-order valence-corrected chi connectivity index (χ2v) is 6.90. The quantitative estimate of drug-likeness (QED) is 0.619. The molecule has 0 aromatic heterocycles. The van der Waals surface area contributed by atoms with Gasteiger partial charge in [0.2, 0.25) is 5.91 Å². The van der Waals surface area contributed by atoms with E-state index in [0.717, 1.165) is 43.0 Å². The highest BCUT2D eigenvalue weighted by Crippen LogP contribution is 2.33. The first-order valence-electron chi connectivity index (χ1n) is 9.18. The first-order chi connectivity index (χ1) is 12.3. The molecular formula is C18H27ClN4O3. The smallest absolute Gasteiger partial charge is 0.239 e. The number of amides is 1. The van der Waals surface area contributed by atoms with Crippen molar-refractivity contribution in [2.24, 2.45) is 5.92 Å².